The second-order valence-electron chi connectivity index (χ2n) is 6.04. The van der Waals surface area contributed by atoms with Crippen LogP contribution in [0.25, 0.3) is 0 Å². The van der Waals surface area contributed by atoms with Crippen molar-refractivity contribution in [3.63, 3.8) is 0 Å². The Hall–Kier alpha value is -2.63. The van der Waals surface area contributed by atoms with Gasteiger partial charge in [-0.2, -0.15) is 0 Å². The van der Waals surface area contributed by atoms with Crippen LogP contribution in [0.4, 0.5) is 0 Å². The number of carbonyl (C=O) groups is 3. The highest BCUT2D eigenvalue weighted by molar-refractivity contribution is 5.90. The third kappa shape index (κ3) is 7.65. The van der Waals surface area contributed by atoms with Gasteiger partial charge in [-0.3, -0.25) is 9.59 Å². The van der Waals surface area contributed by atoms with Gasteiger partial charge < -0.3 is 15.4 Å². The second-order valence-corrected chi connectivity index (χ2v) is 6.04. The second kappa shape index (κ2) is 10.3. The van der Waals surface area contributed by atoms with E-state index in [1.165, 1.54) is 14.0 Å². The maximum absolute atomic E-state index is 12.6. The summed E-state index contributed by atoms with van der Waals surface area (Å²) in [6.45, 7) is 5.17. The molecule has 1 aromatic rings. The molecule has 1 rings (SSSR count). The zero-order chi connectivity index (χ0) is 18.8. The summed E-state index contributed by atoms with van der Waals surface area (Å²) >= 11 is 0. The van der Waals surface area contributed by atoms with E-state index in [9.17, 15) is 14.4 Å². The molecule has 25 heavy (non-hydrogen) atoms. The topological polar surface area (TPSA) is 84.5 Å². The molecular weight excluding hydrogens is 320 g/mol. The normalized spacial score (nSPS) is 12.5. The van der Waals surface area contributed by atoms with E-state index in [-0.39, 0.29) is 5.91 Å². The van der Waals surface area contributed by atoms with E-state index in [1.807, 2.05) is 50.3 Å². The molecular formula is C19H26N2O4. The summed E-state index contributed by atoms with van der Waals surface area (Å²) in [6, 6.07) is 7.81. The van der Waals surface area contributed by atoms with Crippen molar-refractivity contribution in [1.82, 2.24) is 10.6 Å². The van der Waals surface area contributed by atoms with Crippen LogP contribution in [0.2, 0.25) is 0 Å². The van der Waals surface area contributed by atoms with Crippen LogP contribution in [0.15, 0.2) is 42.0 Å². The van der Waals surface area contributed by atoms with Gasteiger partial charge in [0.25, 0.3) is 0 Å². The Bertz CT molecular complexity index is 622. The van der Waals surface area contributed by atoms with E-state index in [2.05, 4.69) is 10.6 Å². The van der Waals surface area contributed by atoms with Crippen molar-refractivity contribution in [3.8, 4) is 0 Å². The Morgan fingerprint density at radius 3 is 2.20 bits per heavy atom. The molecule has 0 radical (unpaired) electrons. The van der Waals surface area contributed by atoms with E-state index < -0.39 is 24.0 Å². The van der Waals surface area contributed by atoms with Gasteiger partial charge in [0.1, 0.15) is 12.1 Å². The van der Waals surface area contributed by atoms with Crippen LogP contribution in [0.3, 0.4) is 0 Å². The lowest BCUT2D eigenvalue weighted by Crippen LogP contribution is -2.52. The van der Waals surface area contributed by atoms with Gasteiger partial charge in [-0.1, -0.05) is 42.0 Å². The highest BCUT2D eigenvalue weighted by Crippen LogP contribution is 2.06. The number of carbonyl (C=O) groups excluding carboxylic acids is 3. The van der Waals surface area contributed by atoms with Gasteiger partial charge in [-0.05, 0) is 25.8 Å². The highest BCUT2D eigenvalue weighted by atomic mass is 16.5. The quantitative estimate of drug-likeness (QED) is 0.555. The number of ether oxygens (including phenoxy) is 1. The molecule has 0 spiro atoms. The molecule has 2 amide bonds. The van der Waals surface area contributed by atoms with Crippen molar-refractivity contribution >= 4 is 17.8 Å². The van der Waals surface area contributed by atoms with Crippen LogP contribution in [-0.4, -0.2) is 37.0 Å². The van der Waals surface area contributed by atoms with Crippen molar-refractivity contribution in [1.29, 1.82) is 0 Å². The number of hydrogen-bond donors (Lipinski definition) is 2. The lowest BCUT2D eigenvalue weighted by molar-refractivity contribution is -0.145. The molecule has 0 saturated heterocycles. The zero-order valence-corrected chi connectivity index (χ0v) is 15.2. The van der Waals surface area contributed by atoms with Crippen molar-refractivity contribution in [2.75, 3.05) is 7.11 Å². The maximum Gasteiger partial charge on any atom is 0.328 e. The summed E-state index contributed by atoms with van der Waals surface area (Å²) in [7, 11) is 1.28. The largest absolute Gasteiger partial charge is 0.467 e. The summed E-state index contributed by atoms with van der Waals surface area (Å²) in [6.07, 6.45) is 2.52. The van der Waals surface area contributed by atoms with Crippen molar-refractivity contribution in [2.24, 2.45) is 0 Å². The van der Waals surface area contributed by atoms with E-state index in [0.717, 1.165) is 11.1 Å². The smallest absolute Gasteiger partial charge is 0.328 e. The lowest BCUT2D eigenvalue weighted by Gasteiger charge is -2.21. The van der Waals surface area contributed by atoms with Gasteiger partial charge in [0.15, 0.2) is 0 Å². The first-order chi connectivity index (χ1) is 11.8. The molecule has 0 aliphatic heterocycles. The first-order valence-corrected chi connectivity index (χ1v) is 8.16. The van der Waals surface area contributed by atoms with Gasteiger partial charge in [-0.25, -0.2) is 4.79 Å². The van der Waals surface area contributed by atoms with E-state index in [4.69, 9.17) is 4.74 Å². The third-order valence-electron chi connectivity index (χ3n) is 3.54. The fourth-order valence-corrected chi connectivity index (χ4v) is 2.29. The number of nitrogens with one attached hydrogen (secondary N) is 2. The summed E-state index contributed by atoms with van der Waals surface area (Å²) in [5.41, 5.74) is 1.95. The van der Waals surface area contributed by atoms with E-state index in [1.54, 1.807) is 0 Å². The Labute approximate surface area is 148 Å². The average molecular weight is 346 g/mol. The van der Waals surface area contributed by atoms with Crippen LogP contribution in [-0.2, 0) is 25.5 Å². The van der Waals surface area contributed by atoms with Crippen LogP contribution in [0.1, 0.15) is 32.8 Å². The highest BCUT2D eigenvalue weighted by Gasteiger charge is 2.26. The molecule has 6 heteroatoms. The molecule has 1 aromatic carbocycles. The average Bonchev–Trinajstić information content (AvgIpc) is 2.57. The number of rotatable bonds is 8. The number of methoxy groups -OCH3 is 1. The van der Waals surface area contributed by atoms with E-state index in [0.29, 0.717) is 12.8 Å². The molecule has 136 valence electrons. The summed E-state index contributed by atoms with van der Waals surface area (Å²) in [5, 5.41) is 5.31. The van der Waals surface area contributed by atoms with Gasteiger partial charge in [-0.15, -0.1) is 0 Å². The zero-order valence-electron chi connectivity index (χ0n) is 15.2. The number of amides is 2. The molecule has 0 aliphatic carbocycles. The third-order valence-corrected chi connectivity index (χ3v) is 3.54. The van der Waals surface area contributed by atoms with Gasteiger partial charge in [0.2, 0.25) is 11.8 Å². The summed E-state index contributed by atoms with van der Waals surface area (Å²) < 4.78 is 4.75. The molecule has 0 bridgehead atoms. The van der Waals surface area contributed by atoms with Crippen LogP contribution >= 0.6 is 0 Å². The molecule has 6 nitrogen and oxygen atoms in total. The summed E-state index contributed by atoms with van der Waals surface area (Å²) in [4.78, 5) is 36.0. The number of allylic oxidation sites excluding steroid dienone is 1. The number of benzene rings is 1. The summed E-state index contributed by atoms with van der Waals surface area (Å²) in [5.74, 6) is -1.25. The number of hydrogen-bond acceptors (Lipinski definition) is 4. The Morgan fingerprint density at radius 2 is 1.68 bits per heavy atom. The monoisotopic (exact) mass is 346 g/mol. The van der Waals surface area contributed by atoms with Crippen LogP contribution in [0, 0.1) is 0 Å². The van der Waals surface area contributed by atoms with Gasteiger partial charge in [0.05, 0.1) is 7.11 Å². The first-order valence-electron chi connectivity index (χ1n) is 8.16. The molecule has 2 N–H and O–H groups in total. The molecule has 0 saturated carbocycles. The minimum atomic E-state index is -0.792. The predicted molar refractivity (Wildman–Crippen MR) is 95.7 cm³/mol. The van der Waals surface area contributed by atoms with E-state index >= 15 is 0 Å². The van der Waals surface area contributed by atoms with Crippen LogP contribution in [0.5, 0.6) is 0 Å². The Balaban J connectivity index is 2.88. The van der Waals surface area contributed by atoms with Gasteiger partial charge in [0, 0.05) is 13.3 Å². The Morgan fingerprint density at radius 1 is 1.04 bits per heavy atom. The van der Waals surface area contributed by atoms with Gasteiger partial charge >= 0.3 is 5.97 Å². The minimum absolute atomic E-state index is 0.310. The minimum Gasteiger partial charge on any atom is -0.467 e. The molecule has 2 atom stereocenters. The van der Waals surface area contributed by atoms with Crippen molar-refractivity contribution < 1.29 is 19.1 Å². The first kappa shape index (κ1) is 20.4. The van der Waals surface area contributed by atoms with Crippen molar-refractivity contribution in [2.45, 2.75) is 45.7 Å². The molecule has 0 aromatic heterocycles. The fraction of sp³-hybridized carbons (Fsp3) is 0.421. The SMILES string of the molecule is COC(=O)[C@@H](CC=C(C)C)NC(=O)[C@H](Cc1ccccc1)NC(C)=O. The molecule has 0 unspecified atom stereocenters. The number of esters is 1. The Kier molecular flexibility index (Phi) is 8.39. The van der Waals surface area contributed by atoms with Crippen LogP contribution < -0.4 is 10.6 Å². The van der Waals surface area contributed by atoms with Crippen molar-refractivity contribution in [3.05, 3.63) is 47.5 Å². The maximum atomic E-state index is 12.6. The predicted octanol–water partition coefficient (Wildman–Crippen LogP) is 1.75. The standard InChI is InChI=1S/C19H26N2O4/c1-13(2)10-11-16(19(24)25-4)21-18(23)17(20-14(3)22)12-15-8-6-5-7-9-15/h5-10,16-17H,11-12H2,1-4H3,(H,20,22)(H,21,23)/t16-,17+/m1/s1. The molecule has 0 heterocycles. The fourth-order valence-electron chi connectivity index (χ4n) is 2.29. The lowest BCUT2D eigenvalue weighted by atomic mass is 10.0. The molecule has 0 aliphatic rings. The molecule has 0 fully saturated rings.